The molecule has 2 rings (SSSR count). The van der Waals surface area contributed by atoms with Gasteiger partial charge in [-0.3, -0.25) is 9.59 Å². The molecule has 0 bridgehead atoms. The highest BCUT2D eigenvalue weighted by atomic mass is 35.5. The number of ether oxygens (including phenoxy) is 1. The summed E-state index contributed by atoms with van der Waals surface area (Å²) in [6.45, 7) is -1.38. The Balaban J connectivity index is 1.85. The summed E-state index contributed by atoms with van der Waals surface area (Å²) in [5.74, 6) is -0.813. The smallest absolute Gasteiger partial charge is 0.387 e. The number of halogens is 3. The molecule has 0 aliphatic heterocycles. The van der Waals surface area contributed by atoms with Crippen LogP contribution in [-0.2, 0) is 4.79 Å². The van der Waals surface area contributed by atoms with Gasteiger partial charge in [-0.1, -0.05) is 35.9 Å². The van der Waals surface area contributed by atoms with Crippen molar-refractivity contribution < 1.29 is 23.1 Å². The number of hydrogen-bond donors (Lipinski definition) is 2. The normalized spacial score (nSPS) is 11.7. The third kappa shape index (κ3) is 5.70. The Morgan fingerprint density at radius 1 is 1.12 bits per heavy atom. The first-order chi connectivity index (χ1) is 12.4. The fourth-order valence-electron chi connectivity index (χ4n) is 2.21. The number of carbonyl (C=O) groups excluding carboxylic acids is 2. The molecule has 0 aliphatic rings. The van der Waals surface area contributed by atoms with Crippen LogP contribution >= 0.6 is 11.6 Å². The van der Waals surface area contributed by atoms with E-state index >= 15 is 0 Å². The minimum Gasteiger partial charge on any atom is -0.435 e. The Hall–Kier alpha value is -2.67. The van der Waals surface area contributed by atoms with E-state index in [2.05, 4.69) is 15.4 Å². The topological polar surface area (TPSA) is 67.4 Å². The first-order valence-corrected chi connectivity index (χ1v) is 8.11. The van der Waals surface area contributed by atoms with Crippen molar-refractivity contribution in [2.24, 2.45) is 0 Å². The summed E-state index contributed by atoms with van der Waals surface area (Å²) in [5, 5.41) is 5.49. The van der Waals surface area contributed by atoms with Crippen molar-refractivity contribution in [3.8, 4) is 5.75 Å². The zero-order valence-electron chi connectivity index (χ0n) is 13.8. The predicted molar refractivity (Wildman–Crippen MR) is 93.4 cm³/mol. The van der Waals surface area contributed by atoms with Gasteiger partial charge in [-0.2, -0.15) is 8.78 Å². The van der Waals surface area contributed by atoms with Crippen LogP contribution in [0.2, 0.25) is 5.02 Å². The maximum absolute atomic E-state index is 12.1. The summed E-state index contributed by atoms with van der Waals surface area (Å²) in [6.07, 6.45) is 0. The average molecular weight is 383 g/mol. The van der Waals surface area contributed by atoms with Crippen LogP contribution in [0.25, 0.3) is 0 Å². The summed E-state index contributed by atoms with van der Waals surface area (Å²) in [4.78, 5) is 24.0. The minimum atomic E-state index is -2.89. The highest BCUT2D eigenvalue weighted by molar-refractivity contribution is 6.33. The summed E-state index contributed by atoms with van der Waals surface area (Å²) in [5.41, 5.74) is 0.988. The van der Waals surface area contributed by atoms with Gasteiger partial charge < -0.3 is 15.4 Å². The summed E-state index contributed by atoms with van der Waals surface area (Å²) in [6, 6.07) is 12.1. The standard InChI is InChI=1S/C18H17ClF2N2O3/c1-11(12-6-8-13(9-7-12)26-18(20)21)23-16(24)10-22-17(25)14-4-2-3-5-15(14)19/h2-9,11,18H,10H2,1H3,(H,22,25)(H,23,24). The van der Waals surface area contributed by atoms with Crippen LogP contribution < -0.4 is 15.4 Å². The van der Waals surface area contributed by atoms with E-state index in [9.17, 15) is 18.4 Å². The molecular formula is C18H17ClF2N2O3. The summed E-state index contributed by atoms with van der Waals surface area (Å²) in [7, 11) is 0. The van der Waals surface area contributed by atoms with Crippen LogP contribution in [0.15, 0.2) is 48.5 Å². The fraction of sp³-hybridized carbons (Fsp3) is 0.222. The highest BCUT2D eigenvalue weighted by Gasteiger charge is 2.13. The largest absolute Gasteiger partial charge is 0.435 e. The third-order valence-electron chi connectivity index (χ3n) is 3.51. The Labute approximate surface area is 154 Å². The van der Waals surface area contributed by atoms with Gasteiger partial charge in [-0.15, -0.1) is 0 Å². The molecule has 26 heavy (non-hydrogen) atoms. The van der Waals surface area contributed by atoms with Crippen molar-refractivity contribution in [1.29, 1.82) is 0 Å². The summed E-state index contributed by atoms with van der Waals surface area (Å²) >= 11 is 5.92. The lowest BCUT2D eigenvalue weighted by Gasteiger charge is -2.15. The van der Waals surface area contributed by atoms with Crippen molar-refractivity contribution >= 4 is 23.4 Å². The van der Waals surface area contributed by atoms with Crippen molar-refractivity contribution in [1.82, 2.24) is 10.6 Å². The van der Waals surface area contributed by atoms with Crippen molar-refractivity contribution in [3.63, 3.8) is 0 Å². The van der Waals surface area contributed by atoms with Crippen LogP contribution in [-0.4, -0.2) is 25.0 Å². The van der Waals surface area contributed by atoms with E-state index in [1.54, 1.807) is 43.3 Å². The number of carbonyl (C=O) groups is 2. The number of amides is 2. The molecule has 1 unspecified atom stereocenters. The second-order valence-electron chi connectivity index (χ2n) is 5.40. The van der Waals surface area contributed by atoms with Gasteiger partial charge in [-0.05, 0) is 36.8 Å². The Morgan fingerprint density at radius 2 is 1.77 bits per heavy atom. The Morgan fingerprint density at radius 3 is 2.38 bits per heavy atom. The van der Waals surface area contributed by atoms with Gasteiger partial charge in [0.2, 0.25) is 5.91 Å². The van der Waals surface area contributed by atoms with E-state index in [1.807, 2.05) is 0 Å². The maximum Gasteiger partial charge on any atom is 0.387 e. The van der Waals surface area contributed by atoms with E-state index in [0.29, 0.717) is 10.6 Å². The second kappa shape index (κ2) is 9.15. The molecule has 0 aliphatic carbocycles. The van der Waals surface area contributed by atoms with Crippen LogP contribution in [0.5, 0.6) is 5.75 Å². The number of benzene rings is 2. The van der Waals surface area contributed by atoms with E-state index in [4.69, 9.17) is 11.6 Å². The Bertz CT molecular complexity index is 769. The number of nitrogens with one attached hydrogen (secondary N) is 2. The van der Waals surface area contributed by atoms with Crippen LogP contribution in [0, 0.1) is 0 Å². The predicted octanol–water partition coefficient (Wildman–Crippen LogP) is 3.55. The SMILES string of the molecule is CC(NC(=O)CNC(=O)c1ccccc1Cl)c1ccc(OC(F)F)cc1. The molecule has 138 valence electrons. The molecule has 0 heterocycles. The number of alkyl halides is 2. The molecule has 0 aromatic heterocycles. The first-order valence-electron chi connectivity index (χ1n) is 7.73. The van der Waals surface area contributed by atoms with Gasteiger partial charge in [-0.25, -0.2) is 0 Å². The van der Waals surface area contributed by atoms with Gasteiger partial charge in [0.25, 0.3) is 5.91 Å². The zero-order chi connectivity index (χ0) is 19.1. The first kappa shape index (κ1) is 19.7. The van der Waals surface area contributed by atoms with Crippen molar-refractivity contribution in [2.45, 2.75) is 19.6 Å². The molecule has 0 radical (unpaired) electrons. The van der Waals surface area contributed by atoms with Crippen LogP contribution in [0.1, 0.15) is 28.9 Å². The van der Waals surface area contributed by atoms with Crippen molar-refractivity contribution in [2.75, 3.05) is 6.54 Å². The molecule has 5 nitrogen and oxygen atoms in total. The minimum absolute atomic E-state index is 0.0364. The highest BCUT2D eigenvalue weighted by Crippen LogP contribution is 2.19. The number of rotatable bonds is 7. The molecule has 0 saturated carbocycles. The molecule has 2 N–H and O–H groups in total. The lowest BCUT2D eigenvalue weighted by molar-refractivity contribution is -0.120. The van der Waals surface area contributed by atoms with Crippen molar-refractivity contribution in [3.05, 3.63) is 64.7 Å². The molecular weight excluding hydrogens is 366 g/mol. The second-order valence-corrected chi connectivity index (χ2v) is 5.81. The van der Waals surface area contributed by atoms with Crippen LogP contribution in [0.3, 0.4) is 0 Å². The van der Waals surface area contributed by atoms with E-state index in [-0.39, 0.29) is 23.9 Å². The lowest BCUT2D eigenvalue weighted by Crippen LogP contribution is -2.38. The lowest BCUT2D eigenvalue weighted by atomic mass is 10.1. The van der Waals surface area contributed by atoms with Gasteiger partial charge in [0, 0.05) is 0 Å². The molecule has 0 fully saturated rings. The Kier molecular flexibility index (Phi) is 6.91. The van der Waals surface area contributed by atoms with E-state index in [1.165, 1.54) is 12.1 Å². The third-order valence-corrected chi connectivity index (χ3v) is 3.84. The molecule has 0 spiro atoms. The van der Waals surface area contributed by atoms with Gasteiger partial charge in [0.15, 0.2) is 0 Å². The maximum atomic E-state index is 12.1. The van der Waals surface area contributed by atoms with Gasteiger partial charge in [0.1, 0.15) is 5.75 Å². The molecule has 8 heteroatoms. The van der Waals surface area contributed by atoms with E-state index in [0.717, 1.165) is 0 Å². The van der Waals surface area contributed by atoms with Gasteiger partial charge >= 0.3 is 6.61 Å². The molecule has 2 aromatic rings. The molecule has 0 saturated heterocycles. The molecule has 2 amide bonds. The average Bonchev–Trinajstić information content (AvgIpc) is 2.60. The molecule has 1 atom stereocenters. The fourth-order valence-corrected chi connectivity index (χ4v) is 2.44. The quantitative estimate of drug-likeness (QED) is 0.769. The number of hydrogen-bond acceptors (Lipinski definition) is 3. The van der Waals surface area contributed by atoms with Crippen LogP contribution in [0.4, 0.5) is 8.78 Å². The molecule has 2 aromatic carbocycles. The summed E-state index contributed by atoms with van der Waals surface area (Å²) < 4.78 is 28.5. The zero-order valence-corrected chi connectivity index (χ0v) is 14.6. The van der Waals surface area contributed by atoms with E-state index < -0.39 is 18.4 Å². The monoisotopic (exact) mass is 382 g/mol. The van der Waals surface area contributed by atoms with Gasteiger partial charge in [0.05, 0.1) is 23.2 Å².